The third-order valence-electron chi connectivity index (χ3n) is 3.88. The van der Waals surface area contributed by atoms with Gasteiger partial charge in [0.1, 0.15) is 0 Å². The van der Waals surface area contributed by atoms with Crippen LogP contribution in [0.25, 0.3) is 0 Å². The molecule has 1 heterocycles. The predicted molar refractivity (Wildman–Crippen MR) is 123 cm³/mol. The Hall–Kier alpha value is -1.32. The first-order valence-corrected chi connectivity index (χ1v) is 9.40. The number of hydrogen-bond donors (Lipinski definition) is 3. The zero-order valence-corrected chi connectivity index (χ0v) is 18.8. The van der Waals surface area contributed by atoms with Crippen LogP contribution in [-0.2, 0) is 11.3 Å². The summed E-state index contributed by atoms with van der Waals surface area (Å²) in [6.45, 7) is 5.34. The lowest BCUT2D eigenvalue weighted by atomic mass is 10.1. The highest BCUT2D eigenvalue weighted by Gasteiger charge is 2.07. The molecular formula is C19H29IN4OS. The highest BCUT2D eigenvalue weighted by molar-refractivity contribution is 14.0. The Morgan fingerprint density at radius 3 is 2.58 bits per heavy atom. The van der Waals surface area contributed by atoms with Gasteiger partial charge in [-0.2, -0.15) is 0 Å². The lowest BCUT2D eigenvalue weighted by Crippen LogP contribution is -2.38. The molecule has 1 unspecified atom stereocenters. The SMILES string of the molecule is CN=C(NCc1ccc(NCCOC)cc1)NCC(C)c1cccs1.I. The van der Waals surface area contributed by atoms with Crippen LogP contribution in [0.3, 0.4) is 0 Å². The number of nitrogens with zero attached hydrogens (tertiary/aromatic N) is 1. The third kappa shape index (κ3) is 7.92. The van der Waals surface area contributed by atoms with Crippen LogP contribution in [-0.4, -0.2) is 39.8 Å². The summed E-state index contributed by atoms with van der Waals surface area (Å²) in [5, 5.41) is 12.2. The number of hydrogen-bond acceptors (Lipinski definition) is 4. The molecule has 0 aliphatic rings. The van der Waals surface area contributed by atoms with Gasteiger partial charge in [0.15, 0.2) is 5.96 Å². The highest BCUT2D eigenvalue weighted by atomic mass is 127. The maximum atomic E-state index is 5.04. The zero-order chi connectivity index (χ0) is 17.9. The van der Waals surface area contributed by atoms with Gasteiger partial charge in [-0.1, -0.05) is 25.1 Å². The summed E-state index contributed by atoms with van der Waals surface area (Å²) in [6.07, 6.45) is 0. The Morgan fingerprint density at radius 2 is 1.96 bits per heavy atom. The molecule has 0 aliphatic heterocycles. The average molecular weight is 488 g/mol. The maximum Gasteiger partial charge on any atom is 0.191 e. The van der Waals surface area contributed by atoms with Gasteiger partial charge in [0.25, 0.3) is 0 Å². The van der Waals surface area contributed by atoms with Gasteiger partial charge >= 0.3 is 0 Å². The Morgan fingerprint density at radius 1 is 1.19 bits per heavy atom. The first-order chi connectivity index (χ1) is 12.2. The van der Waals surface area contributed by atoms with Crippen molar-refractivity contribution in [2.45, 2.75) is 19.4 Å². The highest BCUT2D eigenvalue weighted by Crippen LogP contribution is 2.19. The smallest absolute Gasteiger partial charge is 0.191 e. The molecule has 5 nitrogen and oxygen atoms in total. The van der Waals surface area contributed by atoms with Crippen molar-refractivity contribution in [3.63, 3.8) is 0 Å². The van der Waals surface area contributed by atoms with Crippen molar-refractivity contribution in [3.05, 3.63) is 52.2 Å². The van der Waals surface area contributed by atoms with Crippen molar-refractivity contribution >= 4 is 47.0 Å². The standard InChI is InChI=1S/C19H28N4OS.HI/c1-15(18-5-4-12-25-18)13-22-19(20-2)23-14-16-6-8-17(9-7-16)21-10-11-24-3;/h4-9,12,15,21H,10-11,13-14H2,1-3H3,(H2,20,22,23);1H. The fraction of sp³-hybridized carbons (Fsp3) is 0.421. The van der Waals surface area contributed by atoms with E-state index in [0.29, 0.717) is 12.5 Å². The molecule has 2 aromatic rings. The van der Waals surface area contributed by atoms with Crippen LogP contribution in [0, 0.1) is 0 Å². The number of ether oxygens (including phenoxy) is 1. The van der Waals surface area contributed by atoms with E-state index in [9.17, 15) is 0 Å². The molecule has 0 bridgehead atoms. The molecule has 144 valence electrons. The molecule has 0 fully saturated rings. The van der Waals surface area contributed by atoms with E-state index in [4.69, 9.17) is 4.74 Å². The first kappa shape index (κ1) is 22.7. The number of benzene rings is 1. The minimum atomic E-state index is 0. The fourth-order valence-corrected chi connectivity index (χ4v) is 3.15. The van der Waals surface area contributed by atoms with Crippen molar-refractivity contribution < 1.29 is 4.74 Å². The van der Waals surface area contributed by atoms with Gasteiger partial charge in [-0.05, 0) is 29.1 Å². The van der Waals surface area contributed by atoms with Gasteiger partial charge in [-0.25, -0.2) is 0 Å². The van der Waals surface area contributed by atoms with Crippen LogP contribution < -0.4 is 16.0 Å². The summed E-state index contributed by atoms with van der Waals surface area (Å²) in [4.78, 5) is 5.68. The number of anilines is 1. The molecule has 0 saturated carbocycles. The summed E-state index contributed by atoms with van der Waals surface area (Å²) in [7, 11) is 3.51. The fourth-order valence-electron chi connectivity index (χ4n) is 2.37. The van der Waals surface area contributed by atoms with E-state index in [1.165, 1.54) is 10.4 Å². The van der Waals surface area contributed by atoms with Gasteiger partial charge in [-0.3, -0.25) is 4.99 Å². The number of guanidine groups is 1. The minimum Gasteiger partial charge on any atom is -0.383 e. The second kappa shape index (κ2) is 12.9. The lowest BCUT2D eigenvalue weighted by Gasteiger charge is -2.15. The van der Waals surface area contributed by atoms with Crippen molar-refractivity contribution in [2.75, 3.05) is 39.2 Å². The van der Waals surface area contributed by atoms with Gasteiger partial charge in [0.05, 0.1) is 6.61 Å². The van der Waals surface area contributed by atoms with E-state index >= 15 is 0 Å². The molecule has 0 spiro atoms. The number of aliphatic imine (C=N–C) groups is 1. The first-order valence-electron chi connectivity index (χ1n) is 8.52. The summed E-state index contributed by atoms with van der Waals surface area (Å²) in [5.41, 5.74) is 2.32. The molecule has 2 rings (SSSR count). The van der Waals surface area contributed by atoms with E-state index in [1.807, 2.05) is 0 Å². The topological polar surface area (TPSA) is 57.7 Å². The molecule has 26 heavy (non-hydrogen) atoms. The average Bonchev–Trinajstić information content (AvgIpc) is 3.18. The summed E-state index contributed by atoms with van der Waals surface area (Å²) in [5.74, 6) is 1.29. The van der Waals surface area contributed by atoms with Gasteiger partial charge in [-0.15, -0.1) is 35.3 Å². The Bertz CT molecular complexity index is 631. The molecule has 1 atom stereocenters. The molecule has 7 heteroatoms. The van der Waals surface area contributed by atoms with Crippen LogP contribution >= 0.6 is 35.3 Å². The number of halogens is 1. The van der Waals surface area contributed by atoms with Crippen LogP contribution in [0.2, 0.25) is 0 Å². The summed E-state index contributed by atoms with van der Waals surface area (Å²) >= 11 is 1.79. The molecule has 1 aromatic carbocycles. The maximum absolute atomic E-state index is 5.04. The number of rotatable bonds is 9. The van der Waals surface area contributed by atoms with E-state index in [1.54, 1.807) is 25.5 Å². The molecule has 0 aliphatic carbocycles. The van der Waals surface area contributed by atoms with E-state index in [2.05, 4.69) is 69.6 Å². The predicted octanol–water partition coefficient (Wildman–Crippen LogP) is 3.89. The van der Waals surface area contributed by atoms with Crippen LogP contribution in [0.5, 0.6) is 0 Å². The summed E-state index contributed by atoms with van der Waals surface area (Å²) < 4.78 is 5.04. The molecule has 0 radical (unpaired) electrons. The van der Waals surface area contributed by atoms with Gasteiger partial charge in [0.2, 0.25) is 0 Å². The Balaban J connectivity index is 0.00000338. The zero-order valence-electron chi connectivity index (χ0n) is 15.6. The normalized spacial score (nSPS) is 12.2. The number of thiophene rings is 1. The molecule has 1 aromatic heterocycles. The van der Waals surface area contributed by atoms with Gasteiger partial charge < -0.3 is 20.7 Å². The van der Waals surface area contributed by atoms with Crippen molar-refractivity contribution in [3.8, 4) is 0 Å². The Kier molecular flexibility index (Phi) is 11.3. The third-order valence-corrected chi connectivity index (χ3v) is 4.98. The molecular weight excluding hydrogens is 459 g/mol. The Labute approximate surface area is 177 Å². The molecule has 3 N–H and O–H groups in total. The van der Waals surface area contributed by atoms with E-state index in [-0.39, 0.29) is 24.0 Å². The second-order valence-corrected chi connectivity index (χ2v) is 6.82. The minimum absolute atomic E-state index is 0. The molecule has 0 amide bonds. The van der Waals surface area contributed by atoms with Crippen LogP contribution in [0.1, 0.15) is 23.3 Å². The van der Waals surface area contributed by atoms with Crippen molar-refractivity contribution in [1.29, 1.82) is 0 Å². The van der Waals surface area contributed by atoms with Crippen molar-refractivity contribution in [1.82, 2.24) is 10.6 Å². The number of methoxy groups -OCH3 is 1. The summed E-state index contributed by atoms with van der Waals surface area (Å²) in [6, 6.07) is 12.7. The van der Waals surface area contributed by atoms with E-state index in [0.717, 1.165) is 31.3 Å². The quantitative estimate of drug-likeness (QED) is 0.217. The van der Waals surface area contributed by atoms with Crippen LogP contribution in [0.4, 0.5) is 5.69 Å². The number of nitrogens with one attached hydrogen (secondary N) is 3. The monoisotopic (exact) mass is 488 g/mol. The molecule has 0 saturated heterocycles. The lowest BCUT2D eigenvalue weighted by molar-refractivity contribution is 0.211. The van der Waals surface area contributed by atoms with Gasteiger partial charge in [0, 0.05) is 50.3 Å². The van der Waals surface area contributed by atoms with E-state index < -0.39 is 0 Å². The second-order valence-electron chi connectivity index (χ2n) is 5.84. The van der Waals surface area contributed by atoms with Crippen molar-refractivity contribution in [2.24, 2.45) is 4.99 Å². The van der Waals surface area contributed by atoms with Crippen LogP contribution in [0.15, 0.2) is 46.8 Å². The largest absolute Gasteiger partial charge is 0.383 e.